The van der Waals surface area contributed by atoms with Crippen LogP contribution in [0.2, 0.25) is 0 Å². The van der Waals surface area contributed by atoms with E-state index < -0.39 is 17.1 Å². The van der Waals surface area contributed by atoms with Gasteiger partial charge in [-0.1, -0.05) is 11.8 Å². The summed E-state index contributed by atoms with van der Waals surface area (Å²) in [6.45, 7) is 1.58. The Hall–Kier alpha value is -2.29. The van der Waals surface area contributed by atoms with Gasteiger partial charge in [-0.3, -0.25) is 4.79 Å². The predicted octanol–water partition coefficient (Wildman–Crippen LogP) is 3.88. The van der Waals surface area contributed by atoms with Crippen LogP contribution in [-0.2, 0) is 6.18 Å². The van der Waals surface area contributed by atoms with Gasteiger partial charge in [0.2, 0.25) is 0 Å². The molecule has 0 aliphatic rings. The van der Waals surface area contributed by atoms with E-state index in [2.05, 4.69) is 9.97 Å². The summed E-state index contributed by atoms with van der Waals surface area (Å²) >= 11 is 0.856. The molecular formula is C16H15F3N2O3S. The molecule has 1 aromatic carbocycles. The van der Waals surface area contributed by atoms with Crippen LogP contribution in [-0.4, -0.2) is 35.2 Å². The van der Waals surface area contributed by atoms with Gasteiger partial charge in [0.1, 0.15) is 5.69 Å². The quantitative estimate of drug-likeness (QED) is 0.436. The molecule has 2 rings (SSSR count). The molecule has 25 heavy (non-hydrogen) atoms. The SMILES string of the molecule is COc1ccc(C(=O)C(C)Sc2nccc(C(F)(F)F)n2)cc1OC. The highest BCUT2D eigenvalue weighted by molar-refractivity contribution is 8.00. The smallest absolute Gasteiger partial charge is 0.433 e. The molecule has 0 spiro atoms. The van der Waals surface area contributed by atoms with Crippen molar-refractivity contribution in [2.24, 2.45) is 0 Å². The average Bonchev–Trinajstić information content (AvgIpc) is 2.59. The number of methoxy groups -OCH3 is 2. The van der Waals surface area contributed by atoms with E-state index in [0.29, 0.717) is 17.1 Å². The van der Waals surface area contributed by atoms with Gasteiger partial charge in [-0.05, 0) is 31.2 Å². The molecule has 1 atom stereocenters. The number of ketones is 1. The molecule has 0 saturated heterocycles. The van der Waals surface area contributed by atoms with Crippen LogP contribution in [0.4, 0.5) is 13.2 Å². The Kier molecular flexibility index (Phi) is 5.89. The van der Waals surface area contributed by atoms with Crippen LogP contribution in [0.15, 0.2) is 35.6 Å². The zero-order valence-corrected chi connectivity index (χ0v) is 14.4. The van der Waals surface area contributed by atoms with Crippen molar-refractivity contribution in [3.63, 3.8) is 0 Å². The highest BCUT2D eigenvalue weighted by Gasteiger charge is 2.33. The van der Waals surface area contributed by atoms with Crippen molar-refractivity contribution in [3.05, 3.63) is 41.7 Å². The number of nitrogens with zero attached hydrogens (tertiary/aromatic N) is 2. The second-order valence-corrected chi connectivity index (χ2v) is 6.22. The minimum Gasteiger partial charge on any atom is -0.493 e. The number of benzene rings is 1. The fourth-order valence-corrected chi connectivity index (χ4v) is 2.82. The molecule has 0 N–H and O–H groups in total. The first-order valence-electron chi connectivity index (χ1n) is 7.09. The Labute approximate surface area is 146 Å². The Bertz CT molecular complexity index is 769. The van der Waals surface area contributed by atoms with Crippen LogP contribution in [0, 0.1) is 0 Å². The van der Waals surface area contributed by atoms with Gasteiger partial charge < -0.3 is 9.47 Å². The molecule has 0 aliphatic heterocycles. The van der Waals surface area contributed by atoms with Gasteiger partial charge in [0.05, 0.1) is 19.5 Å². The highest BCUT2D eigenvalue weighted by Crippen LogP contribution is 2.31. The van der Waals surface area contributed by atoms with Crippen molar-refractivity contribution in [3.8, 4) is 11.5 Å². The van der Waals surface area contributed by atoms with E-state index in [9.17, 15) is 18.0 Å². The molecule has 2 aromatic rings. The number of alkyl halides is 3. The van der Waals surface area contributed by atoms with Crippen LogP contribution in [0.3, 0.4) is 0 Å². The normalized spacial score (nSPS) is 12.6. The van der Waals surface area contributed by atoms with Gasteiger partial charge in [0.15, 0.2) is 22.4 Å². The summed E-state index contributed by atoms with van der Waals surface area (Å²) in [4.78, 5) is 19.7. The summed E-state index contributed by atoms with van der Waals surface area (Å²) in [5.74, 6) is 0.577. The number of carbonyl (C=O) groups excluding carboxylic acids is 1. The van der Waals surface area contributed by atoms with Crippen molar-refractivity contribution >= 4 is 17.5 Å². The lowest BCUT2D eigenvalue weighted by Crippen LogP contribution is -2.15. The number of ether oxygens (including phenoxy) is 2. The molecule has 0 amide bonds. The highest BCUT2D eigenvalue weighted by atomic mass is 32.2. The molecule has 0 radical (unpaired) electrons. The Morgan fingerprint density at radius 2 is 1.84 bits per heavy atom. The third kappa shape index (κ3) is 4.62. The minimum atomic E-state index is -4.56. The molecule has 0 bridgehead atoms. The van der Waals surface area contributed by atoms with E-state index in [4.69, 9.17) is 9.47 Å². The number of Topliss-reactive ketones (excluding diaryl/α,β-unsaturated/α-hetero) is 1. The maximum absolute atomic E-state index is 12.7. The zero-order valence-electron chi connectivity index (χ0n) is 13.6. The van der Waals surface area contributed by atoms with Crippen LogP contribution >= 0.6 is 11.8 Å². The van der Waals surface area contributed by atoms with Gasteiger partial charge in [0, 0.05) is 11.8 Å². The fourth-order valence-electron chi connectivity index (χ4n) is 1.99. The Morgan fingerprint density at radius 1 is 1.16 bits per heavy atom. The summed E-state index contributed by atoms with van der Waals surface area (Å²) in [7, 11) is 2.92. The van der Waals surface area contributed by atoms with E-state index in [0.717, 1.165) is 24.0 Å². The summed E-state index contributed by atoms with van der Waals surface area (Å²) in [6, 6.07) is 5.45. The standard InChI is InChI=1S/C16H15F3N2O3S/c1-9(25-15-20-7-6-13(21-15)16(17,18)19)14(22)10-4-5-11(23-2)12(8-10)24-3/h4-9H,1-3H3. The van der Waals surface area contributed by atoms with Gasteiger partial charge in [-0.2, -0.15) is 13.2 Å². The van der Waals surface area contributed by atoms with E-state index in [-0.39, 0.29) is 10.9 Å². The number of thioether (sulfide) groups is 1. The third-order valence-corrected chi connectivity index (χ3v) is 4.22. The first-order valence-corrected chi connectivity index (χ1v) is 7.97. The van der Waals surface area contributed by atoms with Gasteiger partial charge in [0.25, 0.3) is 0 Å². The second-order valence-electron chi connectivity index (χ2n) is 4.92. The summed E-state index contributed by atoms with van der Waals surface area (Å²) < 4.78 is 48.3. The number of rotatable bonds is 6. The lowest BCUT2D eigenvalue weighted by Gasteiger charge is -2.13. The van der Waals surface area contributed by atoms with Crippen molar-refractivity contribution in [2.75, 3.05) is 14.2 Å². The first kappa shape index (κ1) is 19.0. The zero-order chi connectivity index (χ0) is 18.6. The van der Waals surface area contributed by atoms with Gasteiger partial charge >= 0.3 is 6.18 Å². The summed E-state index contributed by atoms with van der Waals surface area (Å²) in [5.41, 5.74) is -0.694. The molecule has 134 valence electrons. The fraction of sp³-hybridized carbons (Fsp3) is 0.312. The summed E-state index contributed by atoms with van der Waals surface area (Å²) in [5, 5.41) is -0.794. The largest absolute Gasteiger partial charge is 0.493 e. The molecule has 1 heterocycles. The molecule has 0 aliphatic carbocycles. The Balaban J connectivity index is 2.18. The molecule has 1 aromatic heterocycles. The minimum absolute atomic E-state index is 0.115. The number of halogens is 3. The van der Waals surface area contributed by atoms with Crippen LogP contribution in [0.1, 0.15) is 23.0 Å². The molecule has 9 heteroatoms. The van der Waals surface area contributed by atoms with Crippen molar-refractivity contribution in [2.45, 2.75) is 23.5 Å². The number of aromatic nitrogens is 2. The Morgan fingerprint density at radius 3 is 2.44 bits per heavy atom. The molecule has 0 saturated carbocycles. The van der Waals surface area contributed by atoms with Gasteiger partial charge in [-0.25, -0.2) is 9.97 Å². The lowest BCUT2D eigenvalue weighted by molar-refractivity contribution is -0.141. The van der Waals surface area contributed by atoms with Crippen LogP contribution < -0.4 is 9.47 Å². The topological polar surface area (TPSA) is 61.3 Å². The van der Waals surface area contributed by atoms with Crippen molar-refractivity contribution in [1.82, 2.24) is 9.97 Å². The molecule has 5 nitrogen and oxygen atoms in total. The molecular weight excluding hydrogens is 357 g/mol. The molecule has 1 unspecified atom stereocenters. The maximum atomic E-state index is 12.7. The molecule has 0 fully saturated rings. The predicted molar refractivity (Wildman–Crippen MR) is 86.2 cm³/mol. The van der Waals surface area contributed by atoms with E-state index in [1.807, 2.05) is 0 Å². The number of carbonyl (C=O) groups is 1. The van der Waals surface area contributed by atoms with E-state index in [1.54, 1.807) is 19.1 Å². The van der Waals surface area contributed by atoms with Crippen molar-refractivity contribution in [1.29, 1.82) is 0 Å². The van der Waals surface area contributed by atoms with Gasteiger partial charge in [-0.15, -0.1) is 0 Å². The summed E-state index contributed by atoms with van der Waals surface area (Å²) in [6.07, 6.45) is -3.54. The number of hydrogen-bond acceptors (Lipinski definition) is 6. The van der Waals surface area contributed by atoms with E-state index in [1.165, 1.54) is 20.3 Å². The monoisotopic (exact) mass is 372 g/mol. The lowest BCUT2D eigenvalue weighted by atomic mass is 10.1. The van der Waals surface area contributed by atoms with Crippen molar-refractivity contribution < 1.29 is 27.4 Å². The average molecular weight is 372 g/mol. The second kappa shape index (κ2) is 7.73. The van der Waals surface area contributed by atoms with E-state index >= 15 is 0 Å². The number of hydrogen-bond donors (Lipinski definition) is 0. The van der Waals surface area contributed by atoms with Crippen LogP contribution in [0.5, 0.6) is 11.5 Å². The first-order chi connectivity index (χ1) is 11.8. The van der Waals surface area contributed by atoms with Crippen LogP contribution in [0.25, 0.3) is 0 Å². The third-order valence-electron chi connectivity index (χ3n) is 3.24. The maximum Gasteiger partial charge on any atom is 0.433 e.